The molecule has 0 aliphatic carbocycles. The summed E-state index contributed by atoms with van der Waals surface area (Å²) in [5.41, 5.74) is 1.93. The van der Waals surface area contributed by atoms with Gasteiger partial charge in [-0.15, -0.1) is 0 Å². The highest BCUT2D eigenvalue weighted by molar-refractivity contribution is 6.39. The Morgan fingerprint density at radius 1 is 1.03 bits per heavy atom. The van der Waals surface area contributed by atoms with Crippen LogP contribution < -0.4 is 19.7 Å². The van der Waals surface area contributed by atoms with Crippen LogP contribution >= 0.6 is 11.6 Å². The van der Waals surface area contributed by atoms with Crippen molar-refractivity contribution >= 4 is 41.2 Å². The molecule has 0 unspecified atom stereocenters. The predicted octanol–water partition coefficient (Wildman–Crippen LogP) is 5.43. The largest absolute Gasteiger partial charge is 0.490 e. The van der Waals surface area contributed by atoms with Crippen molar-refractivity contribution < 1.29 is 28.2 Å². The lowest BCUT2D eigenvalue weighted by Crippen LogP contribution is -2.54. The average molecular weight is 509 g/mol. The third-order valence-electron chi connectivity index (χ3n) is 5.28. The first-order chi connectivity index (χ1) is 17.3. The highest BCUT2D eigenvalue weighted by Crippen LogP contribution is 2.38. The fourth-order valence-electron chi connectivity index (χ4n) is 3.68. The Bertz CT molecular complexity index is 1390. The number of imide groups is 2. The molecule has 1 fully saturated rings. The number of urea groups is 1. The predicted molar refractivity (Wildman–Crippen MR) is 134 cm³/mol. The van der Waals surface area contributed by atoms with Gasteiger partial charge in [0.05, 0.1) is 17.3 Å². The molecule has 1 heterocycles. The van der Waals surface area contributed by atoms with Gasteiger partial charge in [0.2, 0.25) is 0 Å². The van der Waals surface area contributed by atoms with Gasteiger partial charge in [-0.3, -0.25) is 14.9 Å². The number of benzene rings is 3. The molecular formula is C27H22ClFN2O5. The molecule has 4 rings (SSSR count). The smallest absolute Gasteiger partial charge is 0.335 e. The van der Waals surface area contributed by atoms with E-state index < -0.39 is 17.8 Å². The summed E-state index contributed by atoms with van der Waals surface area (Å²) >= 11 is 6.47. The number of anilines is 1. The second-order valence-electron chi connectivity index (χ2n) is 7.98. The van der Waals surface area contributed by atoms with Crippen LogP contribution in [0.2, 0.25) is 5.02 Å². The fourth-order valence-corrected chi connectivity index (χ4v) is 3.96. The second kappa shape index (κ2) is 10.6. The van der Waals surface area contributed by atoms with Crippen LogP contribution in [0.15, 0.2) is 66.2 Å². The molecule has 1 aliphatic rings. The van der Waals surface area contributed by atoms with E-state index in [0.717, 1.165) is 10.5 Å². The number of nitrogens with zero attached hydrogens (tertiary/aromatic N) is 1. The van der Waals surface area contributed by atoms with Crippen molar-refractivity contribution in [2.75, 3.05) is 11.5 Å². The number of nitrogens with one attached hydrogen (secondary N) is 1. The van der Waals surface area contributed by atoms with Crippen molar-refractivity contribution in [2.24, 2.45) is 0 Å². The zero-order valence-corrected chi connectivity index (χ0v) is 20.3. The molecule has 1 N–H and O–H groups in total. The normalized spacial score (nSPS) is 14.7. The first-order valence-corrected chi connectivity index (χ1v) is 11.5. The van der Waals surface area contributed by atoms with Gasteiger partial charge < -0.3 is 9.47 Å². The van der Waals surface area contributed by atoms with E-state index in [1.165, 1.54) is 24.3 Å². The number of rotatable bonds is 7. The quantitative estimate of drug-likeness (QED) is 0.340. The highest BCUT2D eigenvalue weighted by atomic mass is 35.5. The van der Waals surface area contributed by atoms with E-state index in [9.17, 15) is 18.8 Å². The molecule has 0 bridgehead atoms. The Balaban J connectivity index is 1.66. The summed E-state index contributed by atoms with van der Waals surface area (Å²) in [5, 5.41) is 2.36. The average Bonchev–Trinajstić information content (AvgIpc) is 2.81. The third-order valence-corrected chi connectivity index (χ3v) is 5.56. The molecule has 0 saturated carbocycles. The maximum absolute atomic E-state index is 13.5. The summed E-state index contributed by atoms with van der Waals surface area (Å²) < 4.78 is 25.0. The molecule has 0 atom stereocenters. The third kappa shape index (κ3) is 5.39. The molecule has 3 aromatic rings. The Kier molecular flexibility index (Phi) is 7.36. The molecule has 3 aromatic carbocycles. The molecule has 0 radical (unpaired) electrons. The van der Waals surface area contributed by atoms with E-state index in [4.69, 9.17) is 21.1 Å². The Morgan fingerprint density at radius 2 is 1.81 bits per heavy atom. The minimum Gasteiger partial charge on any atom is -0.490 e. The monoisotopic (exact) mass is 508 g/mol. The van der Waals surface area contributed by atoms with Crippen molar-refractivity contribution in [3.05, 3.63) is 93.8 Å². The van der Waals surface area contributed by atoms with E-state index in [-0.39, 0.29) is 34.5 Å². The number of carbonyl (C=O) groups excluding carboxylic acids is 3. The number of barbiturate groups is 1. The first kappa shape index (κ1) is 24.9. The second-order valence-corrected chi connectivity index (χ2v) is 8.39. The summed E-state index contributed by atoms with van der Waals surface area (Å²) in [6.07, 6.45) is 1.33. The zero-order valence-electron chi connectivity index (χ0n) is 19.5. The van der Waals surface area contributed by atoms with E-state index >= 15 is 0 Å². The lowest BCUT2D eigenvalue weighted by atomic mass is 10.1. The first-order valence-electron chi connectivity index (χ1n) is 11.1. The molecule has 0 aromatic heterocycles. The molecule has 36 heavy (non-hydrogen) atoms. The molecule has 7 nitrogen and oxygen atoms in total. The lowest BCUT2D eigenvalue weighted by molar-refractivity contribution is -0.122. The van der Waals surface area contributed by atoms with Gasteiger partial charge in [0.15, 0.2) is 11.5 Å². The van der Waals surface area contributed by atoms with E-state index in [0.29, 0.717) is 23.4 Å². The van der Waals surface area contributed by atoms with Gasteiger partial charge in [0, 0.05) is 0 Å². The summed E-state index contributed by atoms with van der Waals surface area (Å²) in [6, 6.07) is 15.0. The summed E-state index contributed by atoms with van der Waals surface area (Å²) in [6.45, 7) is 3.94. The fraction of sp³-hybridized carbons (Fsp3) is 0.148. The summed E-state index contributed by atoms with van der Waals surface area (Å²) in [4.78, 5) is 39.1. The number of carbonyl (C=O) groups is 3. The SMILES string of the molecule is CCOc1cc(/C=C2\C(=O)NC(=O)N(c3cccc(C)c3)C2=O)cc(Cl)c1OCc1cccc(F)c1. The molecule has 1 saturated heterocycles. The number of hydrogen-bond donors (Lipinski definition) is 1. The number of ether oxygens (including phenoxy) is 2. The summed E-state index contributed by atoms with van der Waals surface area (Å²) in [5.74, 6) is -1.46. The van der Waals surface area contributed by atoms with Crippen molar-refractivity contribution in [2.45, 2.75) is 20.5 Å². The molecule has 184 valence electrons. The maximum atomic E-state index is 13.5. The van der Waals surface area contributed by atoms with Crippen molar-refractivity contribution in [1.29, 1.82) is 0 Å². The lowest BCUT2D eigenvalue weighted by Gasteiger charge is -2.26. The van der Waals surface area contributed by atoms with Crippen LogP contribution in [0.5, 0.6) is 11.5 Å². The van der Waals surface area contributed by atoms with Crippen LogP contribution in [-0.4, -0.2) is 24.5 Å². The van der Waals surface area contributed by atoms with Gasteiger partial charge in [0.1, 0.15) is 18.0 Å². The zero-order chi connectivity index (χ0) is 25.8. The Labute approximate surface area is 212 Å². The van der Waals surface area contributed by atoms with Gasteiger partial charge in [-0.2, -0.15) is 0 Å². The van der Waals surface area contributed by atoms with Crippen LogP contribution in [-0.2, 0) is 16.2 Å². The van der Waals surface area contributed by atoms with Gasteiger partial charge in [0.25, 0.3) is 11.8 Å². The standard InChI is InChI=1S/C27H22ClFN2O5/c1-3-35-23-14-18(13-22(28)24(23)36-15-17-7-5-8-19(29)11-17)12-21-25(32)30-27(34)31(26(21)33)20-9-4-6-16(2)10-20/h4-14H,3,15H2,1-2H3,(H,30,32,34)/b21-12+. The Morgan fingerprint density at radius 3 is 2.53 bits per heavy atom. The molecular weight excluding hydrogens is 487 g/mol. The van der Waals surface area contributed by atoms with Crippen molar-refractivity contribution in [3.8, 4) is 11.5 Å². The van der Waals surface area contributed by atoms with Crippen molar-refractivity contribution in [3.63, 3.8) is 0 Å². The van der Waals surface area contributed by atoms with E-state index in [2.05, 4.69) is 5.32 Å². The molecule has 0 spiro atoms. The van der Waals surface area contributed by atoms with Crippen molar-refractivity contribution in [1.82, 2.24) is 5.32 Å². The number of amides is 4. The highest BCUT2D eigenvalue weighted by Gasteiger charge is 2.37. The van der Waals surface area contributed by atoms with Crippen LogP contribution in [0.4, 0.5) is 14.9 Å². The topological polar surface area (TPSA) is 84.9 Å². The minimum atomic E-state index is -0.832. The van der Waals surface area contributed by atoms with Gasteiger partial charge >= 0.3 is 6.03 Å². The van der Waals surface area contributed by atoms with E-state index in [1.54, 1.807) is 43.3 Å². The van der Waals surface area contributed by atoms with Crippen LogP contribution in [0, 0.1) is 12.7 Å². The summed E-state index contributed by atoms with van der Waals surface area (Å²) in [7, 11) is 0. The van der Waals surface area contributed by atoms with Crippen LogP contribution in [0.25, 0.3) is 6.08 Å². The minimum absolute atomic E-state index is 0.0481. The number of hydrogen-bond acceptors (Lipinski definition) is 5. The molecule has 9 heteroatoms. The van der Waals surface area contributed by atoms with E-state index in [1.807, 2.05) is 13.0 Å². The van der Waals surface area contributed by atoms with Crippen LogP contribution in [0.1, 0.15) is 23.6 Å². The van der Waals surface area contributed by atoms with Gasteiger partial charge in [-0.05, 0) is 73.0 Å². The maximum Gasteiger partial charge on any atom is 0.335 e. The Hall–Kier alpha value is -4.17. The molecule has 1 aliphatic heterocycles. The molecule has 4 amide bonds. The van der Waals surface area contributed by atoms with Gasteiger partial charge in [-0.25, -0.2) is 14.1 Å². The van der Waals surface area contributed by atoms with Crippen LogP contribution in [0.3, 0.4) is 0 Å². The van der Waals surface area contributed by atoms with Gasteiger partial charge in [-0.1, -0.05) is 35.9 Å². The number of aryl methyl sites for hydroxylation is 1. The number of halogens is 2.